The molecule has 2 aromatic heterocycles. The van der Waals surface area contributed by atoms with Crippen LogP contribution in [0.1, 0.15) is 35.5 Å². The molecule has 1 aliphatic rings. The van der Waals surface area contributed by atoms with Gasteiger partial charge in [-0.15, -0.1) is 0 Å². The van der Waals surface area contributed by atoms with Crippen LogP contribution in [0, 0.1) is 0 Å². The lowest BCUT2D eigenvalue weighted by atomic mass is 10.0. The molecule has 9 nitrogen and oxygen atoms in total. The number of benzene rings is 2. The third-order valence-corrected chi connectivity index (χ3v) is 7.85. The van der Waals surface area contributed by atoms with Gasteiger partial charge in [0.15, 0.2) is 5.82 Å². The molecule has 14 heteroatoms. The number of sulfonamides is 1. The van der Waals surface area contributed by atoms with E-state index < -0.39 is 33.5 Å². The van der Waals surface area contributed by atoms with Crippen molar-refractivity contribution >= 4 is 44.9 Å². The van der Waals surface area contributed by atoms with Crippen LogP contribution in [0.25, 0.3) is 11.3 Å². The SMILES string of the molecule is CC1(C)N(c2cccc(C(F)(F)F)n2)c2c(C(N)=O)c(-c3ccc(NS(=O)(=O)Cc4ccc(Cl)cc4)cc3)nn21. The van der Waals surface area contributed by atoms with Crippen molar-refractivity contribution in [3.8, 4) is 11.3 Å². The number of carbonyl (C=O) groups excluding carboxylic acids is 1. The maximum absolute atomic E-state index is 13.3. The number of amides is 1. The number of pyridine rings is 1. The summed E-state index contributed by atoms with van der Waals surface area (Å²) in [4.78, 5) is 17.8. The number of rotatable bonds is 7. The summed E-state index contributed by atoms with van der Waals surface area (Å²) in [7, 11) is -3.74. The lowest BCUT2D eigenvalue weighted by Gasteiger charge is -2.49. The molecule has 5 rings (SSSR count). The molecule has 0 saturated heterocycles. The molecule has 0 atom stereocenters. The maximum atomic E-state index is 13.3. The van der Waals surface area contributed by atoms with Gasteiger partial charge in [0.2, 0.25) is 10.0 Å². The number of anilines is 3. The largest absolute Gasteiger partial charge is 0.433 e. The molecule has 0 aliphatic carbocycles. The van der Waals surface area contributed by atoms with E-state index in [2.05, 4.69) is 14.8 Å². The normalized spacial score (nSPS) is 14.4. The van der Waals surface area contributed by atoms with Crippen LogP contribution in [-0.2, 0) is 27.6 Å². The summed E-state index contributed by atoms with van der Waals surface area (Å²) >= 11 is 5.85. The molecule has 2 aromatic carbocycles. The monoisotopic (exact) mass is 590 g/mol. The molecule has 3 N–H and O–H groups in total. The zero-order chi connectivity index (χ0) is 29.0. The highest BCUT2D eigenvalue weighted by molar-refractivity contribution is 7.91. The minimum Gasteiger partial charge on any atom is -0.365 e. The van der Waals surface area contributed by atoms with E-state index in [1.54, 1.807) is 50.2 Å². The molecule has 0 fully saturated rings. The highest BCUT2D eigenvalue weighted by atomic mass is 35.5. The molecule has 0 saturated carbocycles. The molecule has 1 aliphatic heterocycles. The highest BCUT2D eigenvalue weighted by Crippen LogP contribution is 2.50. The minimum absolute atomic E-state index is 0.00499. The van der Waals surface area contributed by atoms with E-state index in [0.717, 1.165) is 6.07 Å². The lowest BCUT2D eigenvalue weighted by Crippen LogP contribution is -2.55. The molecule has 0 unspecified atom stereocenters. The van der Waals surface area contributed by atoms with E-state index in [9.17, 15) is 26.4 Å². The summed E-state index contributed by atoms with van der Waals surface area (Å²) in [5.41, 5.74) is 5.14. The molecule has 208 valence electrons. The Labute approximate surface area is 232 Å². The Bertz CT molecular complexity index is 1720. The summed E-state index contributed by atoms with van der Waals surface area (Å²) in [6.45, 7) is 3.42. The zero-order valence-electron chi connectivity index (χ0n) is 21.1. The predicted molar refractivity (Wildman–Crippen MR) is 145 cm³/mol. The number of nitrogens with zero attached hydrogens (tertiary/aromatic N) is 4. The first-order chi connectivity index (χ1) is 18.7. The Kier molecular flexibility index (Phi) is 6.54. The van der Waals surface area contributed by atoms with Crippen molar-refractivity contribution < 1.29 is 26.4 Å². The van der Waals surface area contributed by atoms with Gasteiger partial charge in [-0.25, -0.2) is 18.1 Å². The summed E-state index contributed by atoms with van der Waals surface area (Å²) in [6.07, 6.45) is -4.65. The number of halogens is 4. The van der Waals surface area contributed by atoms with Crippen LogP contribution < -0.4 is 15.4 Å². The molecular formula is C26H22ClF3N6O3S. The standard InChI is InChI=1S/C26H22ClF3N6O3S/c1-25(2)35(20-5-3-4-19(32-20)26(28,29)30)24-21(23(31)37)22(33-36(24)25)16-8-12-18(13-9-16)34-40(38,39)14-15-6-10-17(27)11-7-15/h3-13,34H,14H2,1-2H3,(H2,31,37). The van der Waals surface area contributed by atoms with Gasteiger partial charge in [0.1, 0.15) is 28.4 Å². The van der Waals surface area contributed by atoms with Gasteiger partial charge in [-0.05, 0) is 55.8 Å². The van der Waals surface area contributed by atoms with Crippen LogP contribution in [-0.4, -0.2) is 29.1 Å². The van der Waals surface area contributed by atoms with Gasteiger partial charge in [-0.2, -0.15) is 18.3 Å². The zero-order valence-corrected chi connectivity index (χ0v) is 22.6. The summed E-state index contributed by atoms with van der Waals surface area (Å²) < 4.78 is 69.2. The van der Waals surface area contributed by atoms with E-state index in [1.165, 1.54) is 33.8 Å². The topological polar surface area (TPSA) is 123 Å². The average Bonchev–Trinajstić information content (AvgIpc) is 3.23. The Morgan fingerprint density at radius 3 is 2.30 bits per heavy atom. The Balaban J connectivity index is 1.46. The van der Waals surface area contributed by atoms with Crippen molar-refractivity contribution in [1.29, 1.82) is 0 Å². The van der Waals surface area contributed by atoms with Crippen LogP contribution in [0.3, 0.4) is 0 Å². The van der Waals surface area contributed by atoms with Gasteiger partial charge in [-0.3, -0.25) is 14.4 Å². The number of alkyl halides is 3. The molecule has 40 heavy (non-hydrogen) atoms. The second-order valence-electron chi connectivity index (χ2n) is 9.60. The van der Waals surface area contributed by atoms with Crippen LogP contribution >= 0.6 is 11.6 Å². The number of fused-ring (bicyclic) bond motifs is 1. The minimum atomic E-state index is -4.65. The number of aromatic nitrogens is 3. The first-order valence-electron chi connectivity index (χ1n) is 11.8. The van der Waals surface area contributed by atoms with Crippen molar-refractivity contribution in [1.82, 2.24) is 14.8 Å². The van der Waals surface area contributed by atoms with E-state index in [0.29, 0.717) is 16.1 Å². The van der Waals surface area contributed by atoms with Gasteiger partial charge in [0.25, 0.3) is 5.91 Å². The fourth-order valence-electron chi connectivity index (χ4n) is 4.54. The quantitative estimate of drug-likeness (QED) is 0.293. The average molecular weight is 591 g/mol. The van der Waals surface area contributed by atoms with Crippen molar-refractivity contribution in [3.05, 3.63) is 88.6 Å². The molecule has 4 aromatic rings. The Morgan fingerprint density at radius 2 is 1.70 bits per heavy atom. The summed E-state index contributed by atoms with van der Waals surface area (Å²) in [6, 6.07) is 16.1. The van der Waals surface area contributed by atoms with Gasteiger partial charge in [0, 0.05) is 16.3 Å². The molecule has 0 spiro atoms. The van der Waals surface area contributed by atoms with Crippen molar-refractivity contribution in [2.75, 3.05) is 9.62 Å². The van der Waals surface area contributed by atoms with Crippen LogP contribution in [0.5, 0.6) is 0 Å². The fraction of sp³-hybridized carbons (Fsp3) is 0.192. The van der Waals surface area contributed by atoms with Gasteiger partial charge in [-0.1, -0.05) is 41.9 Å². The van der Waals surface area contributed by atoms with Gasteiger partial charge in [0.05, 0.1) is 5.75 Å². The van der Waals surface area contributed by atoms with Crippen molar-refractivity contribution in [2.45, 2.75) is 31.4 Å². The third-order valence-electron chi connectivity index (χ3n) is 6.34. The summed E-state index contributed by atoms with van der Waals surface area (Å²) in [5, 5.41) is 5.02. The first kappa shape index (κ1) is 27.5. The number of nitrogens with one attached hydrogen (secondary N) is 1. The third kappa shape index (κ3) is 4.97. The fourth-order valence-corrected chi connectivity index (χ4v) is 5.87. The molecule has 1 amide bonds. The number of primary amides is 1. The van der Waals surface area contributed by atoms with E-state index in [4.69, 9.17) is 17.3 Å². The molecule has 0 radical (unpaired) electrons. The Hall–Kier alpha value is -4.10. The van der Waals surface area contributed by atoms with Crippen LogP contribution in [0.2, 0.25) is 5.02 Å². The van der Waals surface area contributed by atoms with Crippen molar-refractivity contribution in [3.63, 3.8) is 0 Å². The van der Waals surface area contributed by atoms with Crippen molar-refractivity contribution in [2.24, 2.45) is 5.73 Å². The maximum Gasteiger partial charge on any atom is 0.433 e. The number of hydrogen-bond acceptors (Lipinski definition) is 6. The van der Waals surface area contributed by atoms with Crippen LogP contribution in [0.15, 0.2) is 66.7 Å². The number of nitrogens with two attached hydrogens (primary N) is 1. The first-order valence-corrected chi connectivity index (χ1v) is 13.8. The second-order valence-corrected chi connectivity index (χ2v) is 11.8. The lowest BCUT2D eigenvalue weighted by molar-refractivity contribution is -0.141. The van der Waals surface area contributed by atoms with E-state index in [-0.39, 0.29) is 34.3 Å². The van der Waals surface area contributed by atoms with Crippen LogP contribution in [0.4, 0.5) is 30.5 Å². The molecule has 0 bridgehead atoms. The number of hydrogen-bond donors (Lipinski definition) is 2. The van der Waals surface area contributed by atoms with E-state index in [1.807, 2.05) is 0 Å². The molecular weight excluding hydrogens is 569 g/mol. The summed E-state index contributed by atoms with van der Waals surface area (Å²) in [5.74, 6) is -0.921. The highest BCUT2D eigenvalue weighted by Gasteiger charge is 2.49. The Morgan fingerprint density at radius 1 is 1.05 bits per heavy atom. The predicted octanol–water partition coefficient (Wildman–Crippen LogP) is 5.50. The van der Waals surface area contributed by atoms with E-state index >= 15 is 0 Å². The second kappa shape index (κ2) is 9.52. The van der Waals surface area contributed by atoms with Gasteiger partial charge >= 0.3 is 6.18 Å². The smallest absolute Gasteiger partial charge is 0.365 e. The molecule has 3 heterocycles. The number of carbonyl (C=O) groups is 1. The van der Waals surface area contributed by atoms with Gasteiger partial charge < -0.3 is 5.73 Å².